The Bertz CT molecular complexity index is 159. The van der Waals surface area contributed by atoms with Crippen molar-refractivity contribution in [3.05, 3.63) is 0 Å². The highest BCUT2D eigenvalue weighted by atomic mass is 17.4. The molecule has 0 aliphatic rings. The summed E-state index contributed by atoms with van der Waals surface area (Å²) in [5.74, 6) is 0. The quantitative estimate of drug-likeness (QED) is 0.503. The summed E-state index contributed by atoms with van der Waals surface area (Å²) in [5, 5.41) is 0. The Balaban J connectivity index is 3.41. The molecule has 0 heterocycles. The number of hydrogen-bond donors (Lipinski definition) is 0. The largest absolute Gasteiger partial charge is 0.582 e. The van der Waals surface area contributed by atoms with Crippen LogP contribution in [0.25, 0.3) is 0 Å². The second kappa shape index (κ2) is 8.08. The highest BCUT2D eigenvalue weighted by Crippen LogP contribution is 1.92. The lowest BCUT2D eigenvalue weighted by Crippen LogP contribution is -2.14. The van der Waals surface area contributed by atoms with Gasteiger partial charge in [-0.2, -0.15) is 29.1 Å². The zero-order valence-electron chi connectivity index (χ0n) is 7.68. The van der Waals surface area contributed by atoms with Crippen molar-refractivity contribution in [3.63, 3.8) is 0 Å². The average Bonchev–Trinajstić information content (AvgIpc) is 2.20. The number of carbonyl (C=O) groups is 2. The molecule has 8 nitrogen and oxygen atoms in total. The lowest BCUT2D eigenvalue weighted by molar-refractivity contribution is -0.326. The van der Waals surface area contributed by atoms with Gasteiger partial charge in [-0.3, -0.25) is 9.78 Å². The van der Waals surface area contributed by atoms with Crippen molar-refractivity contribution in [3.8, 4) is 0 Å². The fourth-order valence-corrected chi connectivity index (χ4v) is 0.310. The molecular formula is C6H10O8. The van der Waals surface area contributed by atoms with Gasteiger partial charge in [-0.15, -0.1) is 0 Å². The first-order valence-corrected chi connectivity index (χ1v) is 3.72. The van der Waals surface area contributed by atoms with E-state index in [1.165, 1.54) is 0 Å². The summed E-state index contributed by atoms with van der Waals surface area (Å²) in [6.07, 6.45) is -2.67. The molecule has 0 saturated heterocycles. The maximum atomic E-state index is 10.4. The number of carbonyl (C=O) groups excluding carboxylic acids is 2. The summed E-state index contributed by atoms with van der Waals surface area (Å²) in [6, 6.07) is 0. The smallest absolute Gasteiger partial charge is 0.257 e. The fourth-order valence-electron chi connectivity index (χ4n) is 0.310. The second-order valence-electron chi connectivity index (χ2n) is 1.65. The summed E-state index contributed by atoms with van der Waals surface area (Å²) < 4.78 is 0. The van der Waals surface area contributed by atoms with Crippen LogP contribution < -0.4 is 0 Å². The zero-order valence-corrected chi connectivity index (χ0v) is 7.68. The van der Waals surface area contributed by atoms with Crippen molar-refractivity contribution in [2.45, 2.75) is 13.8 Å². The zero-order chi connectivity index (χ0) is 10.8. The summed E-state index contributed by atoms with van der Waals surface area (Å²) in [5.41, 5.74) is 0. The average molecular weight is 210 g/mol. The van der Waals surface area contributed by atoms with Gasteiger partial charge < -0.3 is 0 Å². The maximum absolute atomic E-state index is 10.4. The van der Waals surface area contributed by atoms with E-state index < -0.39 is 12.3 Å². The van der Waals surface area contributed by atoms with Gasteiger partial charge in [0.15, 0.2) is 0 Å². The lowest BCUT2D eigenvalue weighted by Gasteiger charge is -2.01. The lowest BCUT2D eigenvalue weighted by atomic mass is 10.9. The van der Waals surface area contributed by atoms with Crippen LogP contribution in [0.2, 0.25) is 0 Å². The standard InChI is InChI=1S/C6H10O8/c1-3-9-11-5(7)13-14-6(8)12-10-4-2/h3-4H2,1-2H3. The summed E-state index contributed by atoms with van der Waals surface area (Å²) in [7, 11) is 0. The Hall–Kier alpha value is -1.54. The van der Waals surface area contributed by atoms with E-state index in [1.54, 1.807) is 13.8 Å². The molecule has 0 aromatic carbocycles. The van der Waals surface area contributed by atoms with E-state index in [1.807, 2.05) is 0 Å². The maximum Gasteiger partial charge on any atom is 0.582 e. The van der Waals surface area contributed by atoms with Gasteiger partial charge >= 0.3 is 12.3 Å². The molecule has 0 aliphatic heterocycles. The molecule has 0 rings (SSSR count). The van der Waals surface area contributed by atoms with E-state index in [0.29, 0.717) is 0 Å². The fraction of sp³-hybridized carbons (Fsp3) is 0.667. The van der Waals surface area contributed by atoms with E-state index in [2.05, 4.69) is 29.3 Å². The third-order valence-corrected chi connectivity index (χ3v) is 0.667. The van der Waals surface area contributed by atoms with Crippen LogP contribution in [0.5, 0.6) is 0 Å². The summed E-state index contributed by atoms with van der Waals surface area (Å²) >= 11 is 0. The minimum atomic E-state index is -1.33. The molecule has 0 unspecified atom stereocenters. The van der Waals surface area contributed by atoms with Gasteiger partial charge in [0.25, 0.3) is 0 Å². The molecule has 0 spiro atoms. The van der Waals surface area contributed by atoms with Crippen LogP contribution in [0.3, 0.4) is 0 Å². The van der Waals surface area contributed by atoms with Gasteiger partial charge in [0, 0.05) is 0 Å². The molecule has 0 amide bonds. The molecule has 0 saturated carbocycles. The summed E-state index contributed by atoms with van der Waals surface area (Å²) in [6.45, 7) is 3.44. The summed E-state index contributed by atoms with van der Waals surface area (Å²) in [4.78, 5) is 44.6. The van der Waals surface area contributed by atoms with Gasteiger partial charge in [-0.05, 0) is 13.8 Å². The molecular weight excluding hydrogens is 200 g/mol. The van der Waals surface area contributed by atoms with Crippen LogP contribution in [-0.2, 0) is 29.3 Å². The predicted molar refractivity (Wildman–Crippen MR) is 38.4 cm³/mol. The van der Waals surface area contributed by atoms with Crippen LogP contribution in [0, 0.1) is 0 Å². The number of hydrogen-bond acceptors (Lipinski definition) is 8. The SMILES string of the molecule is CCOOC(=O)OOC(=O)OOCC. The van der Waals surface area contributed by atoms with Crippen molar-refractivity contribution in [1.82, 2.24) is 0 Å². The highest BCUT2D eigenvalue weighted by molar-refractivity contribution is 5.62. The van der Waals surface area contributed by atoms with Crippen LogP contribution in [0.15, 0.2) is 0 Å². The molecule has 0 aromatic heterocycles. The van der Waals surface area contributed by atoms with Crippen molar-refractivity contribution < 1.29 is 38.9 Å². The monoisotopic (exact) mass is 210 g/mol. The second-order valence-corrected chi connectivity index (χ2v) is 1.65. The van der Waals surface area contributed by atoms with E-state index in [-0.39, 0.29) is 13.2 Å². The highest BCUT2D eigenvalue weighted by Gasteiger charge is 2.13. The van der Waals surface area contributed by atoms with Gasteiger partial charge in [-0.1, -0.05) is 0 Å². The molecule has 0 radical (unpaired) electrons. The van der Waals surface area contributed by atoms with Crippen molar-refractivity contribution in [1.29, 1.82) is 0 Å². The molecule has 82 valence electrons. The molecule has 0 N–H and O–H groups in total. The van der Waals surface area contributed by atoms with Crippen molar-refractivity contribution in [2.75, 3.05) is 13.2 Å². The van der Waals surface area contributed by atoms with Crippen molar-refractivity contribution >= 4 is 12.3 Å². The number of rotatable bonds is 4. The Labute approximate surface area is 79.4 Å². The van der Waals surface area contributed by atoms with E-state index in [9.17, 15) is 9.59 Å². The first-order valence-electron chi connectivity index (χ1n) is 3.72. The van der Waals surface area contributed by atoms with Crippen LogP contribution in [-0.4, -0.2) is 25.5 Å². The first-order chi connectivity index (χ1) is 6.70. The molecule has 0 fully saturated rings. The third kappa shape index (κ3) is 7.13. The molecule has 0 aromatic rings. The molecule has 0 atom stereocenters. The minimum absolute atomic E-state index is 0.137. The van der Waals surface area contributed by atoms with Gasteiger partial charge in [-0.25, -0.2) is 0 Å². The van der Waals surface area contributed by atoms with Crippen LogP contribution >= 0.6 is 0 Å². The Morgan fingerprint density at radius 1 is 0.786 bits per heavy atom. The predicted octanol–water partition coefficient (Wildman–Crippen LogP) is 1.11. The Morgan fingerprint density at radius 3 is 1.43 bits per heavy atom. The van der Waals surface area contributed by atoms with Crippen LogP contribution in [0.4, 0.5) is 9.59 Å². The van der Waals surface area contributed by atoms with E-state index in [0.717, 1.165) is 0 Å². The third-order valence-electron chi connectivity index (χ3n) is 0.667. The van der Waals surface area contributed by atoms with Crippen molar-refractivity contribution in [2.24, 2.45) is 0 Å². The molecule has 0 aliphatic carbocycles. The van der Waals surface area contributed by atoms with Gasteiger partial charge in [0.2, 0.25) is 0 Å². The van der Waals surface area contributed by atoms with Gasteiger partial charge in [0.05, 0.1) is 13.2 Å². The first kappa shape index (κ1) is 12.5. The molecule has 0 bridgehead atoms. The molecule has 8 heteroatoms. The van der Waals surface area contributed by atoms with Crippen LogP contribution in [0.1, 0.15) is 13.8 Å². The Morgan fingerprint density at radius 2 is 1.14 bits per heavy atom. The Kier molecular flexibility index (Phi) is 7.19. The van der Waals surface area contributed by atoms with E-state index >= 15 is 0 Å². The van der Waals surface area contributed by atoms with Gasteiger partial charge in [0.1, 0.15) is 0 Å². The van der Waals surface area contributed by atoms with E-state index in [4.69, 9.17) is 0 Å². The minimum Gasteiger partial charge on any atom is -0.257 e. The molecule has 14 heavy (non-hydrogen) atoms. The topological polar surface area (TPSA) is 89.5 Å². The normalized spacial score (nSPS) is 9.00.